The van der Waals surface area contributed by atoms with Gasteiger partial charge in [-0.1, -0.05) is 61.4 Å². The van der Waals surface area contributed by atoms with Gasteiger partial charge in [-0.3, -0.25) is 15.1 Å². The zero-order valence-electron chi connectivity index (χ0n) is 15.6. The highest BCUT2D eigenvalue weighted by Crippen LogP contribution is 2.32. The van der Waals surface area contributed by atoms with Gasteiger partial charge in [-0.05, 0) is 24.5 Å². The number of hydrogen-bond acceptors (Lipinski definition) is 4. The molecule has 144 valence electrons. The van der Waals surface area contributed by atoms with Gasteiger partial charge in [0.2, 0.25) is 6.17 Å². The van der Waals surface area contributed by atoms with Crippen molar-refractivity contribution in [1.82, 2.24) is 5.32 Å². The standard InChI is InChI=1S/C22H23N3O3/c26-21-20(25-22(27)28-14-15-8-2-1-3-9-15)24-19(16-10-4-5-11-16)17-12-6-7-13-18(17)23-21/h1-3,6-9,12-13,16,20H,4-5,10-11,14H2,(H,23,26)(H,25,27)/t20-/m0/s1. The minimum Gasteiger partial charge on any atom is -0.445 e. The van der Waals surface area contributed by atoms with Gasteiger partial charge in [-0.15, -0.1) is 0 Å². The number of benzene rings is 2. The van der Waals surface area contributed by atoms with Crippen LogP contribution < -0.4 is 10.6 Å². The number of carbonyl (C=O) groups excluding carboxylic acids is 2. The first-order valence-electron chi connectivity index (χ1n) is 9.66. The molecule has 1 fully saturated rings. The summed E-state index contributed by atoms with van der Waals surface area (Å²) in [5.74, 6) is -0.0596. The summed E-state index contributed by atoms with van der Waals surface area (Å²) in [5.41, 5.74) is 3.44. The first kappa shape index (κ1) is 18.2. The van der Waals surface area contributed by atoms with Crippen LogP contribution in [0.5, 0.6) is 0 Å². The van der Waals surface area contributed by atoms with E-state index in [1.807, 2.05) is 54.6 Å². The van der Waals surface area contributed by atoms with Crippen molar-refractivity contribution in [3.63, 3.8) is 0 Å². The van der Waals surface area contributed by atoms with Crippen LogP contribution in [0.25, 0.3) is 0 Å². The Morgan fingerprint density at radius 1 is 1.07 bits per heavy atom. The summed E-state index contributed by atoms with van der Waals surface area (Å²) in [5, 5.41) is 5.49. The summed E-state index contributed by atoms with van der Waals surface area (Å²) < 4.78 is 5.26. The average molecular weight is 377 g/mol. The van der Waals surface area contributed by atoms with E-state index in [2.05, 4.69) is 15.6 Å². The summed E-state index contributed by atoms with van der Waals surface area (Å²) in [6, 6.07) is 17.1. The molecule has 0 unspecified atom stereocenters. The van der Waals surface area contributed by atoms with Crippen LogP contribution in [0.15, 0.2) is 59.6 Å². The molecule has 28 heavy (non-hydrogen) atoms. The van der Waals surface area contributed by atoms with E-state index in [0.29, 0.717) is 5.92 Å². The number of alkyl carbamates (subject to hydrolysis) is 1. The number of rotatable bonds is 4. The van der Waals surface area contributed by atoms with Gasteiger partial charge in [0, 0.05) is 17.2 Å². The minimum absolute atomic E-state index is 0.139. The zero-order valence-corrected chi connectivity index (χ0v) is 15.6. The van der Waals surface area contributed by atoms with Gasteiger partial charge >= 0.3 is 6.09 Å². The molecule has 0 bridgehead atoms. The summed E-state index contributed by atoms with van der Waals surface area (Å²) in [6.07, 6.45) is 2.74. The molecule has 2 amide bonds. The summed E-state index contributed by atoms with van der Waals surface area (Å²) in [6.45, 7) is 0.139. The Hall–Kier alpha value is -3.15. The number of aliphatic imine (C=N–C) groups is 1. The van der Waals surface area contributed by atoms with Crippen LogP contribution in [-0.4, -0.2) is 23.9 Å². The van der Waals surface area contributed by atoms with Crippen LogP contribution in [0.4, 0.5) is 10.5 Å². The maximum atomic E-state index is 12.7. The van der Waals surface area contributed by atoms with Crippen LogP contribution >= 0.6 is 0 Å². The van der Waals surface area contributed by atoms with Crippen LogP contribution in [0.2, 0.25) is 0 Å². The smallest absolute Gasteiger partial charge is 0.409 e. The Morgan fingerprint density at radius 3 is 2.57 bits per heavy atom. The first-order valence-corrected chi connectivity index (χ1v) is 9.66. The van der Waals surface area contributed by atoms with E-state index < -0.39 is 12.3 Å². The Labute approximate surface area is 164 Å². The van der Waals surface area contributed by atoms with E-state index in [4.69, 9.17) is 4.74 Å². The van der Waals surface area contributed by atoms with E-state index in [1.54, 1.807) is 0 Å². The van der Waals surface area contributed by atoms with E-state index in [0.717, 1.165) is 48.2 Å². The lowest BCUT2D eigenvalue weighted by Gasteiger charge is -2.16. The number of carbonyl (C=O) groups is 2. The maximum Gasteiger partial charge on any atom is 0.409 e. The Bertz CT molecular complexity index is 889. The van der Waals surface area contributed by atoms with Crippen LogP contribution in [0.3, 0.4) is 0 Å². The maximum absolute atomic E-state index is 12.7. The molecule has 1 aliphatic carbocycles. The van der Waals surface area contributed by atoms with Gasteiger partial charge in [-0.25, -0.2) is 4.79 Å². The molecular weight excluding hydrogens is 354 g/mol. The van der Waals surface area contributed by atoms with Crippen LogP contribution in [0.1, 0.15) is 36.8 Å². The van der Waals surface area contributed by atoms with Crippen molar-refractivity contribution in [1.29, 1.82) is 0 Å². The fourth-order valence-corrected chi connectivity index (χ4v) is 3.78. The van der Waals surface area contributed by atoms with Crippen molar-refractivity contribution >= 4 is 23.4 Å². The summed E-state index contributed by atoms with van der Waals surface area (Å²) in [7, 11) is 0. The molecular formula is C22H23N3O3. The Morgan fingerprint density at radius 2 is 1.79 bits per heavy atom. The number of amides is 2. The van der Waals surface area contributed by atoms with Crippen molar-refractivity contribution in [3.05, 3.63) is 65.7 Å². The first-order chi connectivity index (χ1) is 13.7. The third-order valence-corrected chi connectivity index (χ3v) is 5.19. The predicted molar refractivity (Wildman–Crippen MR) is 107 cm³/mol. The molecule has 1 aliphatic heterocycles. The molecule has 1 heterocycles. The van der Waals surface area contributed by atoms with Gasteiger partial charge in [0.25, 0.3) is 5.91 Å². The summed E-state index contributed by atoms with van der Waals surface area (Å²) in [4.78, 5) is 29.6. The van der Waals surface area contributed by atoms with Crippen molar-refractivity contribution in [2.24, 2.45) is 10.9 Å². The van der Waals surface area contributed by atoms with Crippen molar-refractivity contribution in [2.45, 2.75) is 38.5 Å². The van der Waals surface area contributed by atoms with Crippen LogP contribution in [-0.2, 0) is 16.1 Å². The van der Waals surface area contributed by atoms with Crippen LogP contribution in [0, 0.1) is 5.92 Å². The van der Waals surface area contributed by atoms with Gasteiger partial charge in [0.1, 0.15) is 6.61 Å². The van der Waals surface area contributed by atoms with E-state index in [1.165, 1.54) is 0 Å². The van der Waals surface area contributed by atoms with E-state index >= 15 is 0 Å². The molecule has 2 aromatic rings. The molecule has 2 aromatic carbocycles. The molecule has 0 spiro atoms. The van der Waals surface area contributed by atoms with E-state index in [-0.39, 0.29) is 12.5 Å². The number of fused-ring (bicyclic) bond motifs is 1. The number of benzodiazepines with no additional fused rings is 1. The Balaban J connectivity index is 1.52. The molecule has 0 saturated heterocycles. The highest BCUT2D eigenvalue weighted by atomic mass is 16.5. The molecule has 6 nitrogen and oxygen atoms in total. The lowest BCUT2D eigenvalue weighted by molar-refractivity contribution is -0.117. The van der Waals surface area contributed by atoms with Gasteiger partial charge in [-0.2, -0.15) is 0 Å². The second-order valence-electron chi connectivity index (χ2n) is 7.14. The SMILES string of the molecule is O=C(N[C@@H]1N=C(C2CCCC2)c2ccccc2NC1=O)OCc1ccccc1. The Kier molecular flexibility index (Phi) is 5.37. The normalized spacial score (nSPS) is 19.2. The number of para-hydroxylation sites is 1. The lowest BCUT2D eigenvalue weighted by atomic mass is 9.94. The van der Waals surface area contributed by atoms with Gasteiger partial charge < -0.3 is 10.1 Å². The largest absolute Gasteiger partial charge is 0.445 e. The molecule has 2 N–H and O–H groups in total. The summed E-state index contributed by atoms with van der Waals surface area (Å²) >= 11 is 0. The number of hydrogen-bond donors (Lipinski definition) is 2. The van der Waals surface area contributed by atoms with Gasteiger partial charge in [0.15, 0.2) is 0 Å². The molecule has 6 heteroatoms. The molecule has 0 aromatic heterocycles. The average Bonchev–Trinajstić information content (AvgIpc) is 3.21. The third kappa shape index (κ3) is 4.06. The molecule has 2 aliphatic rings. The molecule has 1 atom stereocenters. The van der Waals surface area contributed by atoms with E-state index in [9.17, 15) is 9.59 Å². The number of nitrogens with one attached hydrogen (secondary N) is 2. The topological polar surface area (TPSA) is 79.8 Å². The number of anilines is 1. The second-order valence-corrected chi connectivity index (χ2v) is 7.14. The minimum atomic E-state index is -1.01. The third-order valence-electron chi connectivity index (χ3n) is 5.19. The second kappa shape index (κ2) is 8.25. The monoisotopic (exact) mass is 377 g/mol. The number of nitrogens with zero attached hydrogens (tertiary/aromatic N) is 1. The lowest BCUT2D eigenvalue weighted by Crippen LogP contribution is -2.42. The fraction of sp³-hybridized carbons (Fsp3) is 0.318. The fourth-order valence-electron chi connectivity index (χ4n) is 3.78. The highest BCUT2D eigenvalue weighted by molar-refractivity contribution is 6.13. The van der Waals surface area contributed by atoms with Gasteiger partial charge in [0.05, 0.1) is 5.71 Å². The molecule has 1 saturated carbocycles. The zero-order chi connectivity index (χ0) is 19.3. The molecule has 0 radical (unpaired) electrons. The van der Waals surface area contributed by atoms with Crippen molar-refractivity contribution in [3.8, 4) is 0 Å². The highest BCUT2D eigenvalue weighted by Gasteiger charge is 2.31. The van der Waals surface area contributed by atoms with Crippen molar-refractivity contribution < 1.29 is 14.3 Å². The predicted octanol–water partition coefficient (Wildman–Crippen LogP) is 3.87. The number of ether oxygens (including phenoxy) is 1. The van der Waals surface area contributed by atoms with Crippen molar-refractivity contribution in [2.75, 3.05) is 5.32 Å². The quantitative estimate of drug-likeness (QED) is 0.849. The molecule has 4 rings (SSSR count).